The molecule has 1 fully saturated rings. The van der Waals surface area contributed by atoms with Gasteiger partial charge in [0.1, 0.15) is 11.5 Å². The second-order valence-electron chi connectivity index (χ2n) is 7.79. The third kappa shape index (κ3) is 5.16. The fraction of sp³-hybridized carbons (Fsp3) is 0.478. The van der Waals surface area contributed by atoms with E-state index in [1.54, 1.807) is 4.52 Å². The minimum atomic E-state index is -0.247. The molecule has 0 bridgehead atoms. The van der Waals surface area contributed by atoms with Crippen LogP contribution in [-0.2, 0) is 16.0 Å². The van der Waals surface area contributed by atoms with Crippen molar-refractivity contribution in [1.29, 1.82) is 0 Å². The standard InChI is InChI=1S/C23H30N6O4/c1-5-32-19-13-18(28-7-9-31-10-8-28)20(33-6-2)12-17(19)25-22(30)14-21-26-23-24-15(3)11-16(4)29(23)27-21/h11-13H,5-10,14H2,1-4H3,(H,25,30). The van der Waals surface area contributed by atoms with Crippen LogP contribution in [0, 0.1) is 13.8 Å². The summed E-state index contributed by atoms with van der Waals surface area (Å²) in [6.45, 7) is 11.5. The Kier molecular flexibility index (Phi) is 6.93. The smallest absolute Gasteiger partial charge is 0.252 e. The van der Waals surface area contributed by atoms with E-state index < -0.39 is 0 Å². The molecule has 1 aromatic carbocycles. The van der Waals surface area contributed by atoms with Crippen molar-refractivity contribution in [2.45, 2.75) is 34.1 Å². The topological polar surface area (TPSA) is 103 Å². The Labute approximate surface area is 192 Å². The SMILES string of the molecule is CCOc1cc(N2CCOCC2)c(OCC)cc1NC(=O)Cc1nc2nc(C)cc(C)n2n1. The molecule has 176 valence electrons. The number of aryl methyl sites for hydroxylation is 2. The highest BCUT2D eigenvalue weighted by Gasteiger charge is 2.21. The normalized spacial score (nSPS) is 13.9. The zero-order valence-electron chi connectivity index (χ0n) is 19.6. The van der Waals surface area contributed by atoms with Gasteiger partial charge in [-0.3, -0.25) is 4.79 Å². The van der Waals surface area contributed by atoms with Crippen LogP contribution in [-0.4, -0.2) is 65.0 Å². The number of hydrogen-bond acceptors (Lipinski definition) is 8. The predicted octanol–water partition coefficient (Wildman–Crippen LogP) is 2.56. The average molecular weight is 455 g/mol. The van der Waals surface area contributed by atoms with E-state index in [-0.39, 0.29) is 12.3 Å². The Morgan fingerprint density at radius 2 is 1.79 bits per heavy atom. The summed E-state index contributed by atoms with van der Waals surface area (Å²) in [7, 11) is 0. The van der Waals surface area contributed by atoms with Crippen LogP contribution in [0.15, 0.2) is 18.2 Å². The number of morpholine rings is 1. The Morgan fingerprint density at radius 3 is 2.52 bits per heavy atom. The molecule has 1 N–H and O–H groups in total. The monoisotopic (exact) mass is 454 g/mol. The van der Waals surface area contributed by atoms with Crippen molar-refractivity contribution in [3.05, 3.63) is 35.4 Å². The first-order valence-corrected chi connectivity index (χ1v) is 11.2. The van der Waals surface area contributed by atoms with Gasteiger partial charge < -0.3 is 24.4 Å². The number of anilines is 2. The van der Waals surface area contributed by atoms with E-state index in [2.05, 4.69) is 25.3 Å². The summed E-state index contributed by atoms with van der Waals surface area (Å²) in [6.07, 6.45) is 0.0165. The maximum atomic E-state index is 12.9. The maximum absolute atomic E-state index is 12.9. The third-order valence-corrected chi connectivity index (χ3v) is 5.27. The number of benzene rings is 1. The fourth-order valence-corrected chi connectivity index (χ4v) is 3.86. The molecule has 0 atom stereocenters. The van der Waals surface area contributed by atoms with Gasteiger partial charge in [0, 0.05) is 36.6 Å². The number of aromatic nitrogens is 4. The quantitative estimate of drug-likeness (QED) is 0.554. The van der Waals surface area contributed by atoms with Gasteiger partial charge in [-0.25, -0.2) is 9.50 Å². The molecule has 1 aliphatic rings. The molecule has 1 amide bonds. The lowest BCUT2D eigenvalue weighted by Gasteiger charge is -2.31. The number of carbonyl (C=O) groups is 1. The van der Waals surface area contributed by atoms with E-state index in [0.717, 1.165) is 30.2 Å². The molecule has 3 aromatic rings. The molecule has 0 saturated carbocycles. The van der Waals surface area contributed by atoms with Gasteiger partial charge >= 0.3 is 0 Å². The van der Waals surface area contributed by atoms with Crippen LogP contribution in [0.3, 0.4) is 0 Å². The van der Waals surface area contributed by atoms with Crippen LogP contribution in [0.4, 0.5) is 11.4 Å². The molecule has 4 rings (SSSR count). The molecule has 10 nitrogen and oxygen atoms in total. The number of nitrogens with one attached hydrogen (secondary N) is 1. The molecule has 0 radical (unpaired) electrons. The molecular weight excluding hydrogens is 424 g/mol. The third-order valence-electron chi connectivity index (χ3n) is 5.27. The molecule has 33 heavy (non-hydrogen) atoms. The molecular formula is C23H30N6O4. The van der Waals surface area contributed by atoms with Crippen LogP contribution >= 0.6 is 0 Å². The van der Waals surface area contributed by atoms with Gasteiger partial charge in [-0.15, -0.1) is 5.10 Å². The zero-order valence-corrected chi connectivity index (χ0v) is 19.6. The largest absolute Gasteiger partial charge is 0.492 e. The molecule has 1 saturated heterocycles. The van der Waals surface area contributed by atoms with Gasteiger partial charge in [-0.1, -0.05) is 0 Å². The minimum Gasteiger partial charge on any atom is -0.492 e. The molecule has 3 heterocycles. The van der Waals surface area contributed by atoms with E-state index in [0.29, 0.717) is 55.2 Å². The lowest BCUT2D eigenvalue weighted by Crippen LogP contribution is -2.36. The summed E-state index contributed by atoms with van der Waals surface area (Å²) >= 11 is 0. The number of fused-ring (bicyclic) bond motifs is 1. The summed E-state index contributed by atoms with van der Waals surface area (Å²) in [5.41, 5.74) is 3.25. The summed E-state index contributed by atoms with van der Waals surface area (Å²) in [5, 5.41) is 7.37. The highest BCUT2D eigenvalue weighted by Crippen LogP contribution is 2.39. The Hall–Kier alpha value is -3.40. The van der Waals surface area contributed by atoms with Gasteiger partial charge in [0.2, 0.25) is 5.91 Å². The second-order valence-corrected chi connectivity index (χ2v) is 7.79. The van der Waals surface area contributed by atoms with Crippen molar-refractivity contribution in [3.63, 3.8) is 0 Å². The Morgan fingerprint density at radius 1 is 1.06 bits per heavy atom. The maximum Gasteiger partial charge on any atom is 0.252 e. The summed E-state index contributed by atoms with van der Waals surface area (Å²) in [5.74, 6) is 1.93. The van der Waals surface area contributed by atoms with E-state index in [4.69, 9.17) is 14.2 Å². The number of rotatable bonds is 8. The number of amides is 1. The van der Waals surface area contributed by atoms with Gasteiger partial charge in [-0.2, -0.15) is 4.98 Å². The fourth-order valence-electron chi connectivity index (χ4n) is 3.86. The molecule has 1 aliphatic heterocycles. The first-order chi connectivity index (χ1) is 16.0. The van der Waals surface area contributed by atoms with Crippen molar-refractivity contribution in [2.75, 3.05) is 49.7 Å². The summed E-state index contributed by atoms with van der Waals surface area (Å²) in [6, 6.07) is 5.67. The number of hydrogen-bond donors (Lipinski definition) is 1. The lowest BCUT2D eigenvalue weighted by atomic mass is 10.2. The molecule has 10 heteroatoms. The Bertz CT molecular complexity index is 1140. The summed E-state index contributed by atoms with van der Waals surface area (Å²) in [4.78, 5) is 23.9. The van der Waals surface area contributed by atoms with Gasteiger partial charge in [0.15, 0.2) is 5.82 Å². The number of carbonyl (C=O) groups excluding carboxylic acids is 1. The van der Waals surface area contributed by atoms with Crippen molar-refractivity contribution in [3.8, 4) is 11.5 Å². The number of nitrogens with zero attached hydrogens (tertiary/aromatic N) is 5. The predicted molar refractivity (Wildman–Crippen MR) is 124 cm³/mol. The van der Waals surface area contributed by atoms with Crippen molar-refractivity contribution < 1.29 is 19.0 Å². The van der Waals surface area contributed by atoms with Gasteiger partial charge in [-0.05, 0) is 33.8 Å². The first kappa shape index (κ1) is 22.8. The van der Waals surface area contributed by atoms with E-state index in [1.807, 2.05) is 45.9 Å². The van der Waals surface area contributed by atoms with Crippen LogP contribution in [0.2, 0.25) is 0 Å². The van der Waals surface area contributed by atoms with Gasteiger partial charge in [0.25, 0.3) is 5.78 Å². The number of ether oxygens (including phenoxy) is 3. The first-order valence-electron chi connectivity index (χ1n) is 11.2. The molecule has 2 aromatic heterocycles. The minimum absolute atomic E-state index is 0.0165. The van der Waals surface area contributed by atoms with Crippen molar-refractivity contribution >= 4 is 23.1 Å². The van der Waals surface area contributed by atoms with Crippen LogP contribution < -0.4 is 19.7 Å². The summed E-state index contributed by atoms with van der Waals surface area (Å²) < 4.78 is 18.9. The van der Waals surface area contributed by atoms with Crippen molar-refractivity contribution in [1.82, 2.24) is 19.6 Å². The van der Waals surface area contributed by atoms with Crippen LogP contribution in [0.5, 0.6) is 11.5 Å². The average Bonchev–Trinajstić information content (AvgIpc) is 3.18. The van der Waals surface area contributed by atoms with E-state index >= 15 is 0 Å². The second kappa shape index (κ2) is 10.0. The van der Waals surface area contributed by atoms with E-state index in [1.165, 1.54) is 0 Å². The van der Waals surface area contributed by atoms with Crippen LogP contribution in [0.1, 0.15) is 31.1 Å². The molecule has 0 unspecified atom stereocenters. The van der Waals surface area contributed by atoms with E-state index in [9.17, 15) is 4.79 Å². The lowest BCUT2D eigenvalue weighted by molar-refractivity contribution is -0.115. The zero-order chi connectivity index (χ0) is 23.4. The molecule has 0 spiro atoms. The highest BCUT2D eigenvalue weighted by molar-refractivity contribution is 5.94. The van der Waals surface area contributed by atoms with Crippen molar-refractivity contribution in [2.24, 2.45) is 0 Å². The Balaban J connectivity index is 1.58. The van der Waals surface area contributed by atoms with Crippen LogP contribution in [0.25, 0.3) is 5.78 Å². The molecule has 0 aliphatic carbocycles. The highest BCUT2D eigenvalue weighted by atomic mass is 16.5. The van der Waals surface area contributed by atoms with Gasteiger partial charge in [0.05, 0.1) is 44.2 Å².